The molecular formula is C11H21N3O2. The van der Waals surface area contributed by atoms with E-state index < -0.39 is 11.9 Å². The molecule has 0 aliphatic rings. The first kappa shape index (κ1) is 14.5. The monoisotopic (exact) mass is 227 g/mol. The molecule has 16 heavy (non-hydrogen) atoms. The third-order valence-electron chi connectivity index (χ3n) is 2.15. The van der Waals surface area contributed by atoms with Gasteiger partial charge < -0.3 is 16.4 Å². The molecule has 4 N–H and O–H groups in total. The summed E-state index contributed by atoms with van der Waals surface area (Å²) in [5.41, 5.74) is 5.66. The first-order chi connectivity index (χ1) is 7.56. The highest BCUT2D eigenvalue weighted by Crippen LogP contribution is 1.98. The summed E-state index contributed by atoms with van der Waals surface area (Å²) in [6.45, 7) is 3.87. The molecule has 0 aromatic rings. The molecular weight excluding hydrogens is 206 g/mol. The highest BCUT2D eigenvalue weighted by Gasteiger charge is 2.18. The second kappa shape index (κ2) is 7.73. The van der Waals surface area contributed by atoms with Gasteiger partial charge in [-0.1, -0.05) is 26.3 Å². The van der Waals surface area contributed by atoms with Gasteiger partial charge in [0.05, 0.1) is 5.70 Å². The molecule has 5 heteroatoms. The fourth-order valence-electron chi connectivity index (χ4n) is 1.32. The summed E-state index contributed by atoms with van der Waals surface area (Å²) < 4.78 is 0. The molecule has 2 amide bonds. The van der Waals surface area contributed by atoms with Gasteiger partial charge in [0.25, 0.3) is 5.91 Å². The van der Waals surface area contributed by atoms with Crippen molar-refractivity contribution >= 4 is 11.8 Å². The highest BCUT2D eigenvalue weighted by molar-refractivity contribution is 5.96. The largest absolute Gasteiger partial charge is 0.384 e. The van der Waals surface area contributed by atoms with Crippen LogP contribution in [0.3, 0.4) is 0 Å². The second-order valence-electron chi connectivity index (χ2n) is 3.49. The lowest BCUT2D eigenvalue weighted by atomic mass is 10.1. The molecule has 1 atom stereocenters. The van der Waals surface area contributed by atoms with Gasteiger partial charge in [-0.3, -0.25) is 9.59 Å². The molecule has 0 radical (unpaired) electrons. The number of primary amides is 1. The van der Waals surface area contributed by atoms with E-state index in [0.29, 0.717) is 12.1 Å². The first-order valence-electron chi connectivity index (χ1n) is 5.54. The summed E-state index contributed by atoms with van der Waals surface area (Å²) in [6.07, 6.45) is 3.86. The van der Waals surface area contributed by atoms with E-state index in [-0.39, 0.29) is 5.91 Å². The molecule has 0 bridgehead atoms. The van der Waals surface area contributed by atoms with Crippen LogP contribution in [-0.2, 0) is 9.59 Å². The van der Waals surface area contributed by atoms with E-state index in [2.05, 4.69) is 10.6 Å². The topological polar surface area (TPSA) is 84.2 Å². The average molecular weight is 227 g/mol. The smallest absolute Gasteiger partial charge is 0.267 e. The maximum atomic E-state index is 11.7. The lowest BCUT2D eigenvalue weighted by Gasteiger charge is -2.15. The Kier molecular flexibility index (Phi) is 7.00. The molecule has 92 valence electrons. The van der Waals surface area contributed by atoms with Crippen LogP contribution in [0.5, 0.6) is 0 Å². The number of hydrogen-bond acceptors (Lipinski definition) is 3. The van der Waals surface area contributed by atoms with Crippen LogP contribution in [0, 0.1) is 0 Å². The van der Waals surface area contributed by atoms with Gasteiger partial charge in [0, 0.05) is 7.05 Å². The summed E-state index contributed by atoms with van der Waals surface area (Å²) in [4.78, 5) is 22.8. The fourth-order valence-corrected chi connectivity index (χ4v) is 1.32. The molecule has 0 spiro atoms. The van der Waals surface area contributed by atoms with Crippen LogP contribution in [0.4, 0.5) is 0 Å². The third kappa shape index (κ3) is 4.82. The summed E-state index contributed by atoms with van der Waals surface area (Å²) in [6, 6.07) is -0.592. The van der Waals surface area contributed by atoms with E-state index >= 15 is 0 Å². The maximum Gasteiger partial charge on any atom is 0.267 e. The number of nitrogens with one attached hydrogen (secondary N) is 2. The zero-order valence-electron chi connectivity index (χ0n) is 10.2. The Bertz CT molecular complexity index is 274. The first-order valence-corrected chi connectivity index (χ1v) is 5.54. The van der Waals surface area contributed by atoms with Crippen LogP contribution >= 0.6 is 0 Å². The Morgan fingerprint density at radius 1 is 1.38 bits per heavy atom. The minimum Gasteiger partial charge on any atom is -0.384 e. The lowest BCUT2D eigenvalue weighted by Crippen LogP contribution is -2.46. The van der Waals surface area contributed by atoms with Gasteiger partial charge in [-0.15, -0.1) is 0 Å². The molecule has 5 nitrogen and oxygen atoms in total. The molecule has 0 unspecified atom stereocenters. The predicted octanol–water partition coefficient (Wildman–Crippen LogP) is 0.270. The van der Waals surface area contributed by atoms with E-state index in [1.54, 1.807) is 13.1 Å². The molecule has 0 rings (SSSR count). The van der Waals surface area contributed by atoms with Crippen molar-refractivity contribution in [1.29, 1.82) is 0 Å². The molecule has 0 fully saturated rings. The normalized spacial score (nSPS) is 13.1. The Morgan fingerprint density at radius 3 is 2.38 bits per heavy atom. The van der Waals surface area contributed by atoms with Gasteiger partial charge in [0.15, 0.2) is 0 Å². The molecule has 0 aromatic carbocycles. The summed E-state index contributed by atoms with van der Waals surface area (Å²) in [7, 11) is 1.67. The van der Waals surface area contributed by atoms with Crippen LogP contribution in [0.15, 0.2) is 11.8 Å². The van der Waals surface area contributed by atoms with Crippen molar-refractivity contribution in [2.24, 2.45) is 5.73 Å². The standard InChI is InChI=1S/C11H21N3O2/c1-4-6-8(10(12)15)14-11(16)9(13-3)7-5-2/h7-8,13H,4-6H2,1-3H3,(H2,12,15)(H,14,16)/b9-7-/t8-/m0/s1. The Balaban J connectivity index is 4.49. The number of nitrogens with two attached hydrogens (primary N) is 1. The fraction of sp³-hybridized carbons (Fsp3) is 0.636. The minimum absolute atomic E-state index is 0.290. The zero-order valence-corrected chi connectivity index (χ0v) is 10.2. The zero-order chi connectivity index (χ0) is 12.6. The van der Waals surface area contributed by atoms with Gasteiger partial charge >= 0.3 is 0 Å². The second-order valence-corrected chi connectivity index (χ2v) is 3.49. The molecule has 0 aliphatic heterocycles. The number of hydrogen-bond donors (Lipinski definition) is 3. The van der Waals surface area contributed by atoms with Crippen molar-refractivity contribution in [3.8, 4) is 0 Å². The molecule has 0 aliphatic carbocycles. The number of likely N-dealkylation sites (N-methyl/N-ethyl adjacent to an activating group) is 1. The number of carbonyl (C=O) groups excluding carboxylic acids is 2. The van der Waals surface area contributed by atoms with Gasteiger partial charge in [0.2, 0.25) is 5.91 Å². The molecule has 0 saturated heterocycles. The Hall–Kier alpha value is -1.52. The molecule has 0 heterocycles. The molecule has 0 saturated carbocycles. The SMILES string of the molecule is CC/C=C(\NC)C(=O)N[C@@H](CCC)C(N)=O. The van der Waals surface area contributed by atoms with Crippen LogP contribution in [0.1, 0.15) is 33.1 Å². The Labute approximate surface area is 96.5 Å². The number of carbonyl (C=O) groups is 2. The van der Waals surface area contributed by atoms with Crippen LogP contribution in [0.25, 0.3) is 0 Å². The van der Waals surface area contributed by atoms with Crippen molar-refractivity contribution < 1.29 is 9.59 Å². The third-order valence-corrected chi connectivity index (χ3v) is 2.15. The van der Waals surface area contributed by atoms with E-state index in [9.17, 15) is 9.59 Å². The van der Waals surface area contributed by atoms with Crippen molar-refractivity contribution in [3.05, 3.63) is 11.8 Å². The summed E-state index contributed by atoms with van der Waals surface area (Å²) in [5, 5.41) is 5.40. The van der Waals surface area contributed by atoms with Crippen molar-refractivity contribution in [3.63, 3.8) is 0 Å². The highest BCUT2D eigenvalue weighted by atomic mass is 16.2. The summed E-state index contributed by atoms with van der Waals surface area (Å²) >= 11 is 0. The van der Waals surface area contributed by atoms with Crippen molar-refractivity contribution in [1.82, 2.24) is 10.6 Å². The Morgan fingerprint density at radius 2 is 2.00 bits per heavy atom. The van der Waals surface area contributed by atoms with E-state index in [4.69, 9.17) is 5.73 Å². The van der Waals surface area contributed by atoms with Crippen molar-refractivity contribution in [2.75, 3.05) is 7.05 Å². The van der Waals surface area contributed by atoms with Crippen LogP contribution in [0.2, 0.25) is 0 Å². The maximum absolute atomic E-state index is 11.7. The predicted molar refractivity (Wildman–Crippen MR) is 63.5 cm³/mol. The van der Waals surface area contributed by atoms with Gasteiger partial charge in [-0.2, -0.15) is 0 Å². The minimum atomic E-state index is -0.592. The number of allylic oxidation sites excluding steroid dienone is 1. The van der Waals surface area contributed by atoms with Gasteiger partial charge in [0.1, 0.15) is 6.04 Å². The lowest BCUT2D eigenvalue weighted by molar-refractivity contribution is -0.125. The van der Waals surface area contributed by atoms with E-state index in [1.165, 1.54) is 0 Å². The van der Waals surface area contributed by atoms with Crippen LogP contribution in [-0.4, -0.2) is 24.9 Å². The van der Waals surface area contributed by atoms with E-state index in [1.807, 2.05) is 13.8 Å². The average Bonchev–Trinajstić information content (AvgIpc) is 2.24. The van der Waals surface area contributed by atoms with Gasteiger partial charge in [-0.25, -0.2) is 0 Å². The number of rotatable bonds is 7. The van der Waals surface area contributed by atoms with Gasteiger partial charge in [-0.05, 0) is 12.8 Å². The molecule has 0 aromatic heterocycles. The quantitative estimate of drug-likeness (QED) is 0.546. The van der Waals surface area contributed by atoms with Crippen molar-refractivity contribution in [2.45, 2.75) is 39.2 Å². The van der Waals surface area contributed by atoms with Crippen LogP contribution < -0.4 is 16.4 Å². The number of amides is 2. The van der Waals surface area contributed by atoms with E-state index in [0.717, 1.165) is 12.8 Å². The summed E-state index contributed by atoms with van der Waals surface area (Å²) in [5.74, 6) is -0.788.